The second-order valence-corrected chi connectivity index (χ2v) is 8.55. The van der Waals surface area contributed by atoms with E-state index in [2.05, 4.69) is 66.3 Å². The molecule has 166 valence electrons. The van der Waals surface area contributed by atoms with Crippen LogP contribution >= 0.6 is 0 Å². The predicted molar refractivity (Wildman–Crippen MR) is 128 cm³/mol. The SMILES string of the molecule is CN1CCC(n2ccc3cc(Nc4ncc5c(=O)[nH]n(-c6ccccn6)c5n4)ccc32)CC1. The topological polar surface area (TPSA) is 96.7 Å². The van der Waals surface area contributed by atoms with E-state index in [0.29, 0.717) is 28.8 Å². The Morgan fingerprint density at radius 3 is 2.79 bits per heavy atom. The van der Waals surface area contributed by atoms with Crippen molar-refractivity contribution in [2.45, 2.75) is 18.9 Å². The van der Waals surface area contributed by atoms with E-state index in [1.54, 1.807) is 10.9 Å². The molecule has 1 saturated heterocycles. The van der Waals surface area contributed by atoms with Crippen molar-refractivity contribution in [3.8, 4) is 5.82 Å². The highest BCUT2D eigenvalue weighted by Gasteiger charge is 2.19. The minimum atomic E-state index is -0.251. The summed E-state index contributed by atoms with van der Waals surface area (Å²) in [7, 11) is 2.19. The zero-order valence-corrected chi connectivity index (χ0v) is 18.3. The van der Waals surface area contributed by atoms with Crippen molar-refractivity contribution in [3.63, 3.8) is 0 Å². The van der Waals surface area contributed by atoms with Crippen LogP contribution in [0.15, 0.2) is 65.8 Å². The van der Waals surface area contributed by atoms with Crippen LogP contribution in [0.4, 0.5) is 11.6 Å². The van der Waals surface area contributed by atoms with Gasteiger partial charge in [-0.2, -0.15) is 4.98 Å². The number of rotatable bonds is 4. The van der Waals surface area contributed by atoms with Crippen LogP contribution in [0.1, 0.15) is 18.9 Å². The molecule has 4 aromatic heterocycles. The molecular weight excluding hydrogens is 416 g/mol. The number of fused-ring (bicyclic) bond motifs is 2. The summed E-state index contributed by atoms with van der Waals surface area (Å²) in [6, 6.07) is 14.5. The fourth-order valence-corrected chi connectivity index (χ4v) is 4.59. The Labute approximate surface area is 189 Å². The second-order valence-electron chi connectivity index (χ2n) is 8.55. The van der Waals surface area contributed by atoms with Crippen molar-refractivity contribution >= 4 is 33.6 Å². The third-order valence-corrected chi connectivity index (χ3v) is 6.37. The Balaban J connectivity index is 1.31. The summed E-state index contributed by atoms with van der Waals surface area (Å²) in [6.45, 7) is 2.26. The van der Waals surface area contributed by atoms with Gasteiger partial charge in [-0.05, 0) is 69.4 Å². The number of aromatic nitrogens is 6. The normalized spacial score (nSPS) is 15.4. The van der Waals surface area contributed by atoms with Crippen molar-refractivity contribution in [3.05, 3.63) is 71.4 Å². The number of nitrogens with zero attached hydrogens (tertiary/aromatic N) is 6. The van der Waals surface area contributed by atoms with Crippen molar-refractivity contribution in [1.82, 2.24) is 34.2 Å². The summed E-state index contributed by atoms with van der Waals surface area (Å²) >= 11 is 0. The monoisotopic (exact) mass is 440 g/mol. The Hall–Kier alpha value is -3.98. The van der Waals surface area contributed by atoms with Crippen LogP contribution in [0.25, 0.3) is 27.8 Å². The quantitative estimate of drug-likeness (QED) is 0.444. The summed E-state index contributed by atoms with van der Waals surface area (Å²) in [6.07, 6.45) is 7.74. The highest BCUT2D eigenvalue weighted by Crippen LogP contribution is 2.29. The van der Waals surface area contributed by atoms with Crippen LogP contribution in [-0.4, -0.2) is 54.3 Å². The summed E-state index contributed by atoms with van der Waals surface area (Å²) < 4.78 is 3.98. The fraction of sp³-hybridized carbons (Fsp3) is 0.250. The average Bonchev–Trinajstić information content (AvgIpc) is 3.41. The van der Waals surface area contributed by atoms with E-state index in [4.69, 9.17) is 0 Å². The van der Waals surface area contributed by atoms with Gasteiger partial charge < -0.3 is 14.8 Å². The maximum absolute atomic E-state index is 12.3. The van der Waals surface area contributed by atoms with Crippen LogP contribution in [0.5, 0.6) is 0 Å². The Bertz CT molecular complexity index is 1490. The molecule has 0 unspecified atom stereocenters. The van der Waals surface area contributed by atoms with Crippen molar-refractivity contribution in [2.24, 2.45) is 0 Å². The number of benzene rings is 1. The molecule has 6 rings (SSSR count). The number of piperidine rings is 1. The molecule has 0 amide bonds. The lowest BCUT2D eigenvalue weighted by Crippen LogP contribution is -2.31. The van der Waals surface area contributed by atoms with Gasteiger partial charge >= 0.3 is 0 Å². The molecule has 0 saturated carbocycles. The molecule has 0 spiro atoms. The molecule has 1 aromatic carbocycles. The van der Waals surface area contributed by atoms with Crippen LogP contribution in [0.2, 0.25) is 0 Å². The van der Waals surface area contributed by atoms with Crippen LogP contribution in [0.3, 0.4) is 0 Å². The highest BCUT2D eigenvalue weighted by atomic mass is 16.1. The standard InChI is InChI=1S/C24H24N8O/c1-30-11-8-18(9-12-30)31-13-7-16-14-17(5-6-20(16)31)27-24-26-15-19-22(28-24)32(29-23(19)33)21-4-2-3-10-25-21/h2-7,10,13-15,18H,8-9,11-12H2,1H3,(H,29,33)(H,26,27,28). The van der Waals surface area contributed by atoms with E-state index in [-0.39, 0.29) is 5.56 Å². The van der Waals surface area contributed by atoms with Crippen LogP contribution < -0.4 is 10.9 Å². The van der Waals surface area contributed by atoms with E-state index in [1.165, 1.54) is 29.9 Å². The molecule has 1 aliphatic heterocycles. The zero-order valence-electron chi connectivity index (χ0n) is 18.3. The van der Waals surface area contributed by atoms with E-state index in [0.717, 1.165) is 18.8 Å². The smallest absolute Gasteiger partial charge is 0.275 e. The van der Waals surface area contributed by atoms with Gasteiger partial charge in [0, 0.05) is 41.2 Å². The van der Waals surface area contributed by atoms with Gasteiger partial charge in [-0.3, -0.25) is 9.89 Å². The maximum Gasteiger partial charge on any atom is 0.275 e. The van der Waals surface area contributed by atoms with Gasteiger partial charge in [-0.1, -0.05) is 6.07 Å². The van der Waals surface area contributed by atoms with E-state index >= 15 is 0 Å². The lowest BCUT2D eigenvalue weighted by Gasteiger charge is -2.30. The van der Waals surface area contributed by atoms with Gasteiger partial charge in [0.05, 0.1) is 0 Å². The van der Waals surface area contributed by atoms with E-state index < -0.39 is 0 Å². The maximum atomic E-state index is 12.3. The summed E-state index contributed by atoms with van der Waals surface area (Å²) in [5, 5.41) is 7.65. The lowest BCUT2D eigenvalue weighted by molar-refractivity contribution is 0.224. The molecule has 0 atom stereocenters. The number of hydrogen-bond donors (Lipinski definition) is 2. The highest BCUT2D eigenvalue weighted by molar-refractivity contribution is 5.85. The molecular formula is C24H24N8O. The first-order valence-corrected chi connectivity index (χ1v) is 11.1. The molecule has 33 heavy (non-hydrogen) atoms. The van der Waals surface area contributed by atoms with Gasteiger partial charge in [0.2, 0.25) is 5.95 Å². The number of nitrogens with one attached hydrogen (secondary N) is 2. The Morgan fingerprint density at radius 1 is 1.09 bits per heavy atom. The van der Waals surface area contributed by atoms with Crippen molar-refractivity contribution < 1.29 is 0 Å². The van der Waals surface area contributed by atoms with Gasteiger partial charge in [0.25, 0.3) is 5.56 Å². The molecule has 9 nitrogen and oxygen atoms in total. The van der Waals surface area contributed by atoms with E-state index in [1.807, 2.05) is 24.3 Å². The van der Waals surface area contributed by atoms with Crippen molar-refractivity contribution in [1.29, 1.82) is 0 Å². The first-order valence-electron chi connectivity index (χ1n) is 11.1. The molecule has 0 aliphatic carbocycles. The minimum absolute atomic E-state index is 0.251. The molecule has 9 heteroatoms. The molecule has 1 fully saturated rings. The molecule has 5 aromatic rings. The van der Waals surface area contributed by atoms with E-state index in [9.17, 15) is 4.79 Å². The third-order valence-electron chi connectivity index (χ3n) is 6.37. The summed E-state index contributed by atoms with van der Waals surface area (Å²) in [5.41, 5.74) is 2.36. The van der Waals surface area contributed by atoms with Crippen LogP contribution in [-0.2, 0) is 0 Å². The number of anilines is 2. The molecule has 5 heterocycles. The predicted octanol–water partition coefficient (Wildman–Crippen LogP) is 3.47. The number of aromatic amines is 1. The Kier molecular flexibility index (Phi) is 4.69. The molecule has 0 radical (unpaired) electrons. The average molecular weight is 441 g/mol. The number of likely N-dealkylation sites (tertiary alicyclic amines) is 1. The molecule has 2 N–H and O–H groups in total. The van der Waals surface area contributed by atoms with Crippen molar-refractivity contribution in [2.75, 3.05) is 25.5 Å². The summed E-state index contributed by atoms with van der Waals surface area (Å²) in [4.78, 5) is 28.0. The first kappa shape index (κ1) is 19.7. The largest absolute Gasteiger partial charge is 0.344 e. The molecule has 1 aliphatic rings. The number of pyridine rings is 1. The second kappa shape index (κ2) is 7.86. The van der Waals surface area contributed by atoms with Gasteiger partial charge in [0.1, 0.15) is 5.39 Å². The summed E-state index contributed by atoms with van der Waals surface area (Å²) in [5.74, 6) is 1.01. The number of H-pyrrole nitrogens is 1. The van der Waals surface area contributed by atoms with Gasteiger partial charge in [-0.25, -0.2) is 14.6 Å². The Morgan fingerprint density at radius 2 is 1.97 bits per heavy atom. The fourth-order valence-electron chi connectivity index (χ4n) is 4.59. The first-order chi connectivity index (χ1) is 16.2. The number of hydrogen-bond acceptors (Lipinski definition) is 6. The van der Waals surface area contributed by atoms with Gasteiger partial charge in [-0.15, -0.1) is 0 Å². The molecule has 0 bridgehead atoms. The zero-order chi connectivity index (χ0) is 22.4. The lowest BCUT2D eigenvalue weighted by atomic mass is 10.1. The minimum Gasteiger partial charge on any atom is -0.344 e. The van der Waals surface area contributed by atoms with Gasteiger partial charge in [0.15, 0.2) is 11.5 Å². The van der Waals surface area contributed by atoms with Crippen LogP contribution in [0, 0.1) is 0 Å². The third kappa shape index (κ3) is 3.56.